The van der Waals surface area contributed by atoms with E-state index in [1.54, 1.807) is 11.1 Å². The molecular weight excluding hydrogens is 366 g/mol. The molecule has 0 saturated carbocycles. The fraction of sp³-hybridized carbons (Fsp3) is 0.217. The first-order valence-electron chi connectivity index (χ1n) is 9.43. The smallest absolute Gasteiger partial charge is 0.254 e. The molecule has 0 radical (unpaired) electrons. The molecule has 1 fully saturated rings. The Kier molecular flexibility index (Phi) is 5.59. The van der Waals surface area contributed by atoms with Crippen LogP contribution in [0.1, 0.15) is 15.9 Å². The van der Waals surface area contributed by atoms with E-state index in [0.717, 1.165) is 16.8 Å². The van der Waals surface area contributed by atoms with Crippen molar-refractivity contribution in [2.75, 3.05) is 26.3 Å². The summed E-state index contributed by atoms with van der Waals surface area (Å²) in [6.07, 6.45) is 6.94. The van der Waals surface area contributed by atoms with E-state index in [0.29, 0.717) is 37.6 Å². The Hall–Kier alpha value is -3.56. The zero-order valence-corrected chi connectivity index (χ0v) is 15.9. The highest BCUT2D eigenvalue weighted by Gasteiger charge is 2.25. The van der Waals surface area contributed by atoms with E-state index in [1.165, 1.54) is 0 Å². The number of benzene rings is 2. The van der Waals surface area contributed by atoms with E-state index in [1.807, 2.05) is 54.6 Å². The number of rotatable bonds is 5. The minimum Gasteiger partial charge on any atom is -0.491 e. The molecule has 0 bridgehead atoms. The van der Waals surface area contributed by atoms with Crippen molar-refractivity contribution in [1.82, 2.24) is 15.1 Å². The van der Waals surface area contributed by atoms with Crippen LogP contribution in [-0.4, -0.2) is 53.4 Å². The second kappa shape index (κ2) is 8.63. The molecule has 0 spiro atoms. The van der Waals surface area contributed by atoms with Crippen molar-refractivity contribution in [3.63, 3.8) is 0 Å². The maximum absolute atomic E-state index is 12.9. The van der Waals surface area contributed by atoms with Crippen LogP contribution in [0.4, 0.5) is 0 Å². The third-order valence-electron chi connectivity index (χ3n) is 4.81. The summed E-state index contributed by atoms with van der Waals surface area (Å²) in [5, 5.41) is 6.87. The highest BCUT2D eigenvalue weighted by molar-refractivity contribution is 5.94. The number of aromatic amines is 1. The number of ether oxygens (including phenoxy) is 2. The molecule has 1 unspecified atom stereocenters. The summed E-state index contributed by atoms with van der Waals surface area (Å²) in [4.78, 5) is 14.7. The van der Waals surface area contributed by atoms with E-state index < -0.39 is 0 Å². The largest absolute Gasteiger partial charge is 0.491 e. The highest BCUT2D eigenvalue weighted by Crippen LogP contribution is 2.19. The van der Waals surface area contributed by atoms with Crippen molar-refractivity contribution < 1.29 is 14.3 Å². The number of aromatic nitrogens is 2. The Morgan fingerprint density at radius 2 is 2.14 bits per heavy atom. The van der Waals surface area contributed by atoms with Crippen LogP contribution in [0, 0.1) is 12.3 Å². The number of hydrogen-bond donors (Lipinski definition) is 1. The van der Waals surface area contributed by atoms with Gasteiger partial charge in [-0.1, -0.05) is 24.1 Å². The average molecular weight is 387 g/mol. The molecule has 4 rings (SSSR count). The molecule has 1 aliphatic heterocycles. The van der Waals surface area contributed by atoms with Crippen molar-refractivity contribution in [3.8, 4) is 29.4 Å². The first-order chi connectivity index (χ1) is 14.2. The molecule has 2 aromatic carbocycles. The molecular formula is C23H21N3O3. The lowest BCUT2D eigenvalue weighted by molar-refractivity contribution is -0.0401. The zero-order chi connectivity index (χ0) is 20.1. The van der Waals surface area contributed by atoms with Crippen LogP contribution >= 0.6 is 0 Å². The quantitative estimate of drug-likeness (QED) is 0.684. The van der Waals surface area contributed by atoms with Crippen molar-refractivity contribution in [2.45, 2.75) is 6.10 Å². The number of H-pyrrole nitrogens is 1. The number of carbonyl (C=O) groups is 1. The first kappa shape index (κ1) is 18.8. The van der Waals surface area contributed by atoms with Gasteiger partial charge in [0, 0.05) is 23.9 Å². The van der Waals surface area contributed by atoms with Gasteiger partial charge >= 0.3 is 0 Å². The third kappa shape index (κ3) is 4.48. The van der Waals surface area contributed by atoms with Crippen LogP contribution in [0.15, 0.2) is 60.8 Å². The Labute approximate surface area is 169 Å². The summed E-state index contributed by atoms with van der Waals surface area (Å²) >= 11 is 0. The van der Waals surface area contributed by atoms with Gasteiger partial charge in [0.15, 0.2) is 0 Å². The van der Waals surface area contributed by atoms with Gasteiger partial charge in [-0.2, -0.15) is 5.10 Å². The zero-order valence-electron chi connectivity index (χ0n) is 15.9. The Balaban J connectivity index is 1.36. The van der Waals surface area contributed by atoms with Crippen LogP contribution in [0.5, 0.6) is 5.75 Å². The molecule has 0 aliphatic carbocycles. The molecule has 1 atom stereocenters. The number of carbonyl (C=O) groups excluding carboxylic acids is 1. The third-order valence-corrected chi connectivity index (χ3v) is 4.81. The predicted molar refractivity (Wildman–Crippen MR) is 110 cm³/mol. The number of terminal acetylenes is 1. The summed E-state index contributed by atoms with van der Waals surface area (Å²) in [7, 11) is 0. The molecule has 1 amide bonds. The van der Waals surface area contributed by atoms with Gasteiger partial charge in [-0.3, -0.25) is 9.89 Å². The average Bonchev–Trinajstić information content (AvgIpc) is 3.33. The number of morpholine rings is 1. The van der Waals surface area contributed by atoms with Crippen molar-refractivity contribution in [2.24, 2.45) is 0 Å². The van der Waals surface area contributed by atoms with Gasteiger partial charge in [0.05, 0.1) is 18.8 Å². The lowest BCUT2D eigenvalue weighted by Gasteiger charge is -2.33. The van der Waals surface area contributed by atoms with Gasteiger partial charge in [-0.15, -0.1) is 6.42 Å². The number of hydrogen-bond acceptors (Lipinski definition) is 4. The summed E-state index contributed by atoms with van der Waals surface area (Å²) < 4.78 is 11.6. The van der Waals surface area contributed by atoms with Crippen LogP contribution in [0.25, 0.3) is 11.3 Å². The van der Waals surface area contributed by atoms with Gasteiger partial charge in [0.1, 0.15) is 18.5 Å². The molecule has 146 valence electrons. The number of amides is 1. The van der Waals surface area contributed by atoms with E-state index in [-0.39, 0.29) is 12.0 Å². The second-order valence-electron chi connectivity index (χ2n) is 6.77. The van der Waals surface area contributed by atoms with Gasteiger partial charge in [0.25, 0.3) is 5.91 Å². The van der Waals surface area contributed by atoms with Crippen LogP contribution < -0.4 is 4.74 Å². The topological polar surface area (TPSA) is 67.5 Å². The standard InChI is InChI=1S/C23H21N3O3/c1-2-17-4-3-5-20(14-17)29-16-21-15-26(12-13-28-21)23(27)19-8-6-18(7-9-19)22-10-11-24-25-22/h1,3-11,14,21H,12-13,15-16H2,(H,24,25). The molecule has 1 aliphatic rings. The summed E-state index contributed by atoms with van der Waals surface area (Å²) in [5.74, 6) is 3.27. The molecule has 6 heteroatoms. The Bertz CT molecular complexity index is 1010. The minimum absolute atomic E-state index is 0.0104. The lowest BCUT2D eigenvalue weighted by Crippen LogP contribution is -2.47. The van der Waals surface area contributed by atoms with Crippen LogP contribution in [0.3, 0.4) is 0 Å². The van der Waals surface area contributed by atoms with E-state index in [2.05, 4.69) is 16.1 Å². The lowest BCUT2D eigenvalue weighted by atomic mass is 10.1. The second-order valence-corrected chi connectivity index (χ2v) is 6.77. The maximum atomic E-state index is 12.9. The molecule has 2 heterocycles. The highest BCUT2D eigenvalue weighted by atomic mass is 16.5. The Morgan fingerprint density at radius 1 is 1.28 bits per heavy atom. The van der Waals surface area contributed by atoms with Gasteiger partial charge in [-0.25, -0.2) is 0 Å². The molecule has 1 aromatic heterocycles. The van der Waals surface area contributed by atoms with E-state index in [4.69, 9.17) is 15.9 Å². The van der Waals surface area contributed by atoms with Crippen molar-refractivity contribution >= 4 is 5.91 Å². The molecule has 6 nitrogen and oxygen atoms in total. The van der Waals surface area contributed by atoms with E-state index in [9.17, 15) is 4.79 Å². The SMILES string of the molecule is C#Cc1cccc(OCC2CN(C(=O)c3ccc(-c4ccn[nH]4)cc3)CCO2)c1. The monoisotopic (exact) mass is 387 g/mol. The normalized spacial score (nSPS) is 16.2. The first-order valence-corrected chi connectivity index (χ1v) is 9.43. The fourth-order valence-electron chi connectivity index (χ4n) is 3.26. The minimum atomic E-state index is -0.188. The van der Waals surface area contributed by atoms with E-state index >= 15 is 0 Å². The predicted octanol–water partition coefficient (Wildman–Crippen LogP) is 2.98. The Morgan fingerprint density at radius 3 is 2.90 bits per heavy atom. The van der Waals surface area contributed by atoms with Gasteiger partial charge in [0.2, 0.25) is 0 Å². The summed E-state index contributed by atoms with van der Waals surface area (Å²) in [6.45, 7) is 1.88. The number of nitrogens with one attached hydrogen (secondary N) is 1. The number of nitrogens with zero attached hydrogens (tertiary/aromatic N) is 2. The van der Waals surface area contributed by atoms with Gasteiger partial charge in [-0.05, 0) is 42.0 Å². The summed E-state index contributed by atoms with van der Waals surface area (Å²) in [5.41, 5.74) is 3.32. The molecule has 29 heavy (non-hydrogen) atoms. The maximum Gasteiger partial charge on any atom is 0.254 e. The van der Waals surface area contributed by atoms with Crippen molar-refractivity contribution in [1.29, 1.82) is 0 Å². The van der Waals surface area contributed by atoms with Crippen LogP contribution in [-0.2, 0) is 4.74 Å². The van der Waals surface area contributed by atoms with Crippen molar-refractivity contribution in [3.05, 3.63) is 71.9 Å². The molecule has 3 aromatic rings. The molecule has 1 N–H and O–H groups in total. The van der Waals surface area contributed by atoms with Gasteiger partial charge < -0.3 is 14.4 Å². The van der Waals surface area contributed by atoms with Crippen LogP contribution in [0.2, 0.25) is 0 Å². The molecule has 1 saturated heterocycles. The summed E-state index contributed by atoms with van der Waals surface area (Å²) in [6, 6.07) is 16.8. The fourth-order valence-corrected chi connectivity index (χ4v) is 3.26.